The summed E-state index contributed by atoms with van der Waals surface area (Å²) in [5, 5.41) is 11.3. The Labute approximate surface area is 95.7 Å². The summed E-state index contributed by atoms with van der Waals surface area (Å²) in [5.74, 6) is -0.419. The molecule has 0 aromatic heterocycles. The van der Waals surface area contributed by atoms with Crippen molar-refractivity contribution in [2.45, 2.75) is 37.5 Å². The highest BCUT2D eigenvalue weighted by Gasteiger charge is 2.41. The lowest BCUT2D eigenvalue weighted by atomic mass is 10.1. The number of nitrogens with zero attached hydrogens (tertiary/aromatic N) is 1. The Morgan fingerprint density at radius 2 is 2.00 bits per heavy atom. The van der Waals surface area contributed by atoms with E-state index in [9.17, 15) is 13.2 Å². The minimum absolute atomic E-state index is 0.185. The van der Waals surface area contributed by atoms with Gasteiger partial charge in [0.25, 0.3) is 0 Å². The van der Waals surface area contributed by atoms with Gasteiger partial charge in [-0.05, 0) is 32.6 Å². The quantitative estimate of drug-likeness (QED) is 0.766. The first-order chi connectivity index (χ1) is 7.20. The Hall–Kier alpha value is -1.09. The van der Waals surface area contributed by atoms with E-state index in [1.165, 1.54) is 13.8 Å². The van der Waals surface area contributed by atoms with E-state index in [1.54, 1.807) is 0 Å². The lowest BCUT2D eigenvalue weighted by Crippen LogP contribution is -2.51. The number of carbonyl (C=O) groups is 1. The van der Waals surface area contributed by atoms with Gasteiger partial charge in [-0.15, -0.1) is 0 Å². The highest BCUT2D eigenvalue weighted by molar-refractivity contribution is 7.92. The number of hydrogen-bond acceptors (Lipinski definition) is 4. The van der Waals surface area contributed by atoms with Crippen molar-refractivity contribution in [1.29, 1.82) is 5.26 Å². The monoisotopic (exact) mass is 244 g/mol. The second kappa shape index (κ2) is 4.06. The molecule has 5 nitrogen and oxygen atoms in total. The molecule has 0 radical (unpaired) electrons. The Balaban J connectivity index is 2.75. The van der Waals surface area contributed by atoms with E-state index in [4.69, 9.17) is 5.26 Å². The van der Waals surface area contributed by atoms with Crippen LogP contribution in [-0.2, 0) is 14.6 Å². The topological polar surface area (TPSA) is 87.0 Å². The van der Waals surface area contributed by atoms with Crippen molar-refractivity contribution in [3.8, 4) is 6.07 Å². The maximum Gasteiger partial charge on any atom is 0.241 e. The van der Waals surface area contributed by atoms with E-state index < -0.39 is 26.5 Å². The fourth-order valence-corrected chi connectivity index (χ4v) is 1.56. The molecule has 1 atom stereocenters. The van der Waals surface area contributed by atoms with Crippen molar-refractivity contribution in [3.63, 3.8) is 0 Å². The molecule has 0 heterocycles. The second-order valence-corrected chi connectivity index (χ2v) is 7.27. The van der Waals surface area contributed by atoms with E-state index in [0.29, 0.717) is 0 Å². The van der Waals surface area contributed by atoms with Crippen LogP contribution in [-0.4, -0.2) is 31.4 Å². The highest BCUT2D eigenvalue weighted by Crippen LogP contribution is 2.32. The number of sulfone groups is 1. The van der Waals surface area contributed by atoms with Gasteiger partial charge in [0.15, 0.2) is 9.84 Å². The van der Waals surface area contributed by atoms with Crippen LogP contribution in [0.15, 0.2) is 0 Å². The summed E-state index contributed by atoms with van der Waals surface area (Å²) >= 11 is 0. The number of amides is 1. The largest absolute Gasteiger partial charge is 0.339 e. The van der Waals surface area contributed by atoms with Crippen LogP contribution in [0.3, 0.4) is 0 Å². The Morgan fingerprint density at radius 3 is 2.31 bits per heavy atom. The summed E-state index contributed by atoms with van der Waals surface area (Å²) < 4.78 is 21.3. The summed E-state index contributed by atoms with van der Waals surface area (Å²) in [6, 6.07) is 1.43. The van der Waals surface area contributed by atoms with E-state index in [1.807, 2.05) is 6.07 Å². The predicted molar refractivity (Wildman–Crippen MR) is 59.2 cm³/mol. The van der Waals surface area contributed by atoms with Crippen LogP contribution in [0.2, 0.25) is 0 Å². The fraction of sp³-hybridized carbons (Fsp3) is 0.800. The van der Waals surface area contributed by atoms with Gasteiger partial charge in [-0.2, -0.15) is 5.26 Å². The lowest BCUT2D eigenvalue weighted by molar-refractivity contribution is -0.123. The molecule has 0 aromatic rings. The van der Waals surface area contributed by atoms with Gasteiger partial charge >= 0.3 is 0 Å². The first-order valence-electron chi connectivity index (χ1n) is 5.10. The van der Waals surface area contributed by atoms with Crippen LogP contribution in [0.5, 0.6) is 0 Å². The van der Waals surface area contributed by atoms with E-state index in [0.717, 1.165) is 19.1 Å². The fourth-order valence-electron chi connectivity index (χ4n) is 1.17. The zero-order valence-corrected chi connectivity index (χ0v) is 10.5. The molecule has 0 spiro atoms. The standard InChI is InChI=1S/C10H16N2O3S/c1-10(2,16(3,14)15)9(13)12-8(6-11)7-4-5-7/h7-8H,4-5H2,1-3H3,(H,12,13). The van der Waals surface area contributed by atoms with E-state index in [2.05, 4.69) is 5.32 Å². The van der Waals surface area contributed by atoms with Crippen molar-refractivity contribution in [2.75, 3.05) is 6.26 Å². The Morgan fingerprint density at radius 1 is 1.50 bits per heavy atom. The number of rotatable bonds is 4. The van der Waals surface area contributed by atoms with Gasteiger partial charge in [-0.3, -0.25) is 4.79 Å². The summed E-state index contributed by atoms with van der Waals surface area (Å²) in [5.41, 5.74) is 0. The third kappa shape index (κ3) is 2.53. The normalized spacial score (nSPS) is 18.6. The van der Waals surface area contributed by atoms with Gasteiger partial charge in [0.2, 0.25) is 5.91 Å². The third-order valence-electron chi connectivity index (χ3n) is 2.99. The third-order valence-corrected chi connectivity index (χ3v) is 5.03. The van der Waals surface area contributed by atoms with Crippen molar-refractivity contribution in [1.82, 2.24) is 5.32 Å². The summed E-state index contributed by atoms with van der Waals surface area (Å²) in [4.78, 5) is 11.8. The summed E-state index contributed by atoms with van der Waals surface area (Å²) in [6.45, 7) is 2.69. The zero-order valence-electron chi connectivity index (χ0n) is 9.65. The van der Waals surface area contributed by atoms with E-state index >= 15 is 0 Å². The molecule has 1 rings (SSSR count). The van der Waals surface area contributed by atoms with Crippen LogP contribution in [0.4, 0.5) is 0 Å². The van der Waals surface area contributed by atoms with Gasteiger partial charge in [0.05, 0.1) is 6.07 Å². The van der Waals surface area contributed by atoms with Crippen molar-refractivity contribution < 1.29 is 13.2 Å². The second-order valence-electron chi connectivity index (χ2n) is 4.70. The molecule has 16 heavy (non-hydrogen) atoms. The number of carbonyl (C=O) groups excluding carboxylic acids is 1. The maximum absolute atomic E-state index is 11.8. The molecule has 0 aliphatic heterocycles. The number of hydrogen-bond donors (Lipinski definition) is 1. The van der Waals surface area contributed by atoms with Gasteiger partial charge in [0.1, 0.15) is 10.8 Å². The molecule has 1 N–H and O–H groups in total. The molecular weight excluding hydrogens is 228 g/mol. The van der Waals surface area contributed by atoms with Crippen LogP contribution in [0.25, 0.3) is 0 Å². The SMILES string of the molecule is CC(C)(C(=O)NC(C#N)C1CC1)S(C)(=O)=O. The predicted octanol–water partition coefficient (Wildman–Crippen LogP) is 0.228. The molecule has 1 aliphatic rings. The molecule has 0 aromatic carbocycles. The van der Waals surface area contributed by atoms with Crippen molar-refractivity contribution >= 4 is 15.7 Å². The molecule has 0 bridgehead atoms. The smallest absolute Gasteiger partial charge is 0.241 e. The molecule has 1 saturated carbocycles. The molecule has 1 aliphatic carbocycles. The Kier molecular flexibility index (Phi) is 3.29. The number of nitrogens with one attached hydrogen (secondary N) is 1. The van der Waals surface area contributed by atoms with Crippen LogP contribution < -0.4 is 5.32 Å². The first-order valence-corrected chi connectivity index (χ1v) is 6.99. The van der Waals surface area contributed by atoms with Gasteiger partial charge < -0.3 is 5.32 Å². The highest BCUT2D eigenvalue weighted by atomic mass is 32.2. The average Bonchev–Trinajstić information content (AvgIpc) is 2.94. The number of nitriles is 1. The molecule has 1 amide bonds. The zero-order chi connectivity index (χ0) is 12.6. The molecule has 90 valence electrons. The minimum atomic E-state index is -3.48. The van der Waals surface area contributed by atoms with E-state index in [-0.39, 0.29) is 5.92 Å². The first kappa shape index (κ1) is 13.0. The van der Waals surface area contributed by atoms with Gasteiger partial charge in [0, 0.05) is 6.26 Å². The maximum atomic E-state index is 11.8. The molecular formula is C10H16N2O3S. The van der Waals surface area contributed by atoms with Crippen LogP contribution in [0.1, 0.15) is 26.7 Å². The van der Waals surface area contributed by atoms with Crippen LogP contribution >= 0.6 is 0 Å². The van der Waals surface area contributed by atoms with Gasteiger partial charge in [-0.25, -0.2) is 8.42 Å². The molecule has 0 saturated heterocycles. The summed E-state index contributed by atoms with van der Waals surface area (Å²) in [7, 11) is -3.48. The molecule has 1 fully saturated rings. The minimum Gasteiger partial charge on any atom is -0.339 e. The van der Waals surface area contributed by atoms with Crippen molar-refractivity contribution in [3.05, 3.63) is 0 Å². The van der Waals surface area contributed by atoms with Crippen molar-refractivity contribution in [2.24, 2.45) is 5.92 Å². The molecule has 6 heteroatoms. The van der Waals surface area contributed by atoms with Crippen LogP contribution in [0, 0.1) is 17.2 Å². The van der Waals surface area contributed by atoms with Gasteiger partial charge in [-0.1, -0.05) is 0 Å². The Bertz CT molecular complexity index is 429. The molecule has 1 unspecified atom stereocenters. The summed E-state index contributed by atoms with van der Waals surface area (Å²) in [6.07, 6.45) is 2.85. The average molecular weight is 244 g/mol. The lowest BCUT2D eigenvalue weighted by Gasteiger charge is -2.23.